The zero-order chi connectivity index (χ0) is 10.3. The molecule has 0 amide bonds. The monoisotopic (exact) mass is 217 g/mol. The van der Waals surface area contributed by atoms with Crippen molar-refractivity contribution in [1.82, 2.24) is 15.2 Å². The Bertz CT molecular complexity index is 614. The molecule has 0 saturated heterocycles. The summed E-state index contributed by atoms with van der Waals surface area (Å²) in [5.74, 6) is 0.483. The number of hydrogen-bond donors (Lipinski definition) is 2. The van der Waals surface area contributed by atoms with E-state index in [9.17, 15) is 0 Å². The maximum absolute atomic E-state index is 5.22. The minimum atomic E-state index is 0.275. The van der Waals surface area contributed by atoms with Gasteiger partial charge in [-0.15, -0.1) is 10.2 Å². The van der Waals surface area contributed by atoms with Crippen LogP contribution in [-0.2, 0) is 0 Å². The van der Waals surface area contributed by atoms with Gasteiger partial charge in [-0.25, -0.2) is 0 Å². The number of H-pyrrole nitrogens is 1. The van der Waals surface area contributed by atoms with E-state index in [1.807, 2.05) is 30.5 Å². The van der Waals surface area contributed by atoms with Crippen LogP contribution in [0.25, 0.3) is 22.4 Å². The Balaban J connectivity index is 2.18. The summed E-state index contributed by atoms with van der Waals surface area (Å²) in [6.45, 7) is 0. The van der Waals surface area contributed by atoms with E-state index >= 15 is 0 Å². The minimum Gasteiger partial charge on any atom is -0.411 e. The van der Waals surface area contributed by atoms with Gasteiger partial charge in [0.2, 0.25) is 5.89 Å². The fourth-order valence-electron chi connectivity index (χ4n) is 1.51. The summed E-state index contributed by atoms with van der Waals surface area (Å²) in [6, 6.07) is 7.92. The summed E-state index contributed by atoms with van der Waals surface area (Å²) in [4.78, 5) is 3.13. The van der Waals surface area contributed by atoms with Crippen molar-refractivity contribution in [3.63, 3.8) is 0 Å². The van der Waals surface area contributed by atoms with Gasteiger partial charge in [0.05, 0.1) is 0 Å². The molecule has 5 heteroatoms. The predicted octanol–water partition coefficient (Wildman–Crippen LogP) is 2.51. The second-order valence-electron chi connectivity index (χ2n) is 3.17. The van der Waals surface area contributed by atoms with Crippen molar-refractivity contribution >= 4 is 23.5 Å². The van der Waals surface area contributed by atoms with Crippen LogP contribution in [0.5, 0.6) is 0 Å². The molecule has 0 unspecified atom stereocenters. The fraction of sp³-hybridized carbons (Fsp3) is 0. The average molecular weight is 217 g/mol. The highest BCUT2D eigenvalue weighted by atomic mass is 32.1. The Labute approximate surface area is 90.7 Å². The topological polar surface area (TPSA) is 54.7 Å². The fourth-order valence-corrected chi connectivity index (χ4v) is 1.64. The number of nitrogens with one attached hydrogen (secondary N) is 1. The van der Waals surface area contributed by atoms with E-state index in [0.29, 0.717) is 5.89 Å². The number of thiol groups is 1. The van der Waals surface area contributed by atoms with Crippen molar-refractivity contribution in [3.05, 3.63) is 30.5 Å². The van der Waals surface area contributed by atoms with E-state index in [1.54, 1.807) is 0 Å². The van der Waals surface area contributed by atoms with Crippen LogP contribution in [-0.4, -0.2) is 15.2 Å². The molecule has 0 saturated carbocycles. The smallest absolute Gasteiger partial charge is 0.273 e. The molecule has 0 atom stereocenters. The minimum absolute atomic E-state index is 0.275. The van der Waals surface area contributed by atoms with E-state index in [1.165, 1.54) is 0 Å². The van der Waals surface area contributed by atoms with Gasteiger partial charge in [0.15, 0.2) is 0 Å². The maximum atomic E-state index is 5.22. The first-order chi connectivity index (χ1) is 7.33. The highest BCUT2D eigenvalue weighted by Crippen LogP contribution is 2.23. The van der Waals surface area contributed by atoms with E-state index in [-0.39, 0.29) is 5.22 Å². The van der Waals surface area contributed by atoms with Crippen molar-refractivity contribution in [2.75, 3.05) is 0 Å². The number of aromatic nitrogens is 3. The van der Waals surface area contributed by atoms with Crippen LogP contribution >= 0.6 is 12.6 Å². The first-order valence-electron chi connectivity index (χ1n) is 4.43. The molecular formula is C10H7N3OS. The third-order valence-electron chi connectivity index (χ3n) is 2.22. The summed E-state index contributed by atoms with van der Waals surface area (Å²) in [7, 11) is 0. The van der Waals surface area contributed by atoms with Gasteiger partial charge in [-0.1, -0.05) is 18.7 Å². The number of hydrogen-bond acceptors (Lipinski definition) is 4. The molecule has 74 valence electrons. The molecule has 2 heterocycles. The molecular weight excluding hydrogens is 210 g/mol. The first kappa shape index (κ1) is 8.55. The molecule has 0 bridgehead atoms. The molecule has 0 spiro atoms. The Morgan fingerprint density at radius 2 is 2.13 bits per heavy atom. The van der Waals surface area contributed by atoms with E-state index < -0.39 is 0 Å². The normalized spacial score (nSPS) is 11.0. The molecule has 4 nitrogen and oxygen atoms in total. The highest BCUT2D eigenvalue weighted by Gasteiger charge is 2.06. The van der Waals surface area contributed by atoms with Crippen LogP contribution in [0.15, 0.2) is 40.1 Å². The summed E-state index contributed by atoms with van der Waals surface area (Å²) in [5.41, 5.74) is 1.93. The van der Waals surface area contributed by atoms with Gasteiger partial charge in [0.1, 0.15) is 0 Å². The third-order valence-corrected chi connectivity index (χ3v) is 2.40. The Kier molecular flexibility index (Phi) is 1.78. The summed E-state index contributed by atoms with van der Waals surface area (Å²) >= 11 is 3.97. The molecule has 0 aliphatic heterocycles. The van der Waals surface area contributed by atoms with Crippen LogP contribution in [0, 0.1) is 0 Å². The van der Waals surface area contributed by atoms with Gasteiger partial charge < -0.3 is 9.40 Å². The van der Waals surface area contributed by atoms with E-state index in [4.69, 9.17) is 4.42 Å². The Morgan fingerprint density at radius 3 is 2.93 bits per heavy atom. The number of nitrogens with zero attached hydrogens (tertiary/aromatic N) is 2. The molecule has 15 heavy (non-hydrogen) atoms. The van der Waals surface area contributed by atoms with E-state index in [0.717, 1.165) is 16.5 Å². The molecule has 0 radical (unpaired) electrons. The zero-order valence-corrected chi connectivity index (χ0v) is 8.53. The summed E-state index contributed by atoms with van der Waals surface area (Å²) < 4.78 is 5.22. The van der Waals surface area contributed by atoms with Gasteiger partial charge in [-0.05, 0) is 23.6 Å². The second kappa shape index (κ2) is 3.13. The summed E-state index contributed by atoms with van der Waals surface area (Å²) in [5, 5.41) is 9.00. The first-order valence-corrected chi connectivity index (χ1v) is 4.87. The van der Waals surface area contributed by atoms with Crippen LogP contribution in [0.3, 0.4) is 0 Å². The van der Waals surface area contributed by atoms with Crippen LogP contribution in [0.2, 0.25) is 0 Å². The van der Waals surface area contributed by atoms with Crippen LogP contribution in [0.4, 0.5) is 0 Å². The lowest BCUT2D eigenvalue weighted by molar-refractivity contribution is 0.468. The van der Waals surface area contributed by atoms with Gasteiger partial charge in [0, 0.05) is 17.3 Å². The van der Waals surface area contributed by atoms with Gasteiger partial charge >= 0.3 is 0 Å². The van der Waals surface area contributed by atoms with Crippen molar-refractivity contribution in [2.45, 2.75) is 5.22 Å². The van der Waals surface area contributed by atoms with Crippen molar-refractivity contribution in [2.24, 2.45) is 0 Å². The SMILES string of the molecule is Sc1nnc(-c2ccc3cc[nH]c3c2)o1. The zero-order valence-electron chi connectivity index (χ0n) is 7.64. The maximum Gasteiger partial charge on any atom is 0.273 e. The number of fused-ring (bicyclic) bond motifs is 1. The largest absolute Gasteiger partial charge is 0.411 e. The van der Waals surface area contributed by atoms with Crippen molar-refractivity contribution in [3.8, 4) is 11.5 Å². The molecule has 0 aliphatic rings. The van der Waals surface area contributed by atoms with Gasteiger partial charge in [-0.2, -0.15) is 0 Å². The molecule has 3 rings (SSSR count). The number of aromatic amines is 1. The molecule has 3 aromatic rings. The highest BCUT2D eigenvalue weighted by molar-refractivity contribution is 7.80. The molecule has 2 aromatic heterocycles. The quantitative estimate of drug-likeness (QED) is 0.616. The van der Waals surface area contributed by atoms with Crippen molar-refractivity contribution < 1.29 is 4.42 Å². The third kappa shape index (κ3) is 1.41. The standard InChI is InChI=1S/C10H7N3OS/c15-10-13-12-9(14-10)7-2-1-6-3-4-11-8(6)5-7/h1-5,11H,(H,13,15). The lowest BCUT2D eigenvalue weighted by Gasteiger charge is -1.94. The summed E-state index contributed by atoms with van der Waals surface area (Å²) in [6.07, 6.45) is 1.90. The Hall–Kier alpha value is -1.75. The lowest BCUT2D eigenvalue weighted by Crippen LogP contribution is -1.77. The van der Waals surface area contributed by atoms with E-state index in [2.05, 4.69) is 27.8 Å². The second-order valence-corrected chi connectivity index (χ2v) is 3.55. The molecule has 0 fully saturated rings. The number of benzene rings is 1. The van der Waals surface area contributed by atoms with Gasteiger partial charge in [-0.3, -0.25) is 0 Å². The van der Waals surface area contributed by atoms with Crippen LogP contribution in [0.1, 0.15) is 0 Å². The number of rotatable bonds is 1. The van der Waals surface area contributed by atoms with Gasteiger partial charge in [0.25, 0.3) is 5.22 Å². The molecule has 1 aromatic carbocycles. The molecule has 1 N–H and O–H groups in total. The molecule has 0 aliphatic carbocycles. The Morgan fingerprint density at radius 1 is 1.20 bits per heavy atom. The van der Waals surface area contributed by atoms with Crippen LogP contribution < -0.4 is 0 Å². The lowest BCUT2D eigenvalue weighted by atomic mass is 10.2. The predicted molar refractivity (Wildman–Crippen MR) is 58.8 cm³/mol. The average Bonchev–Trinajstić information content (AvgIpc) is 2.84. The van der Waals surface area contributed by atoms with Crippen molar-refractivity contribution in [1.29, 1.82) is 0 Å².